The molecule has 1 aliphatic rings. The van der Waals surface area contributed by atoms with E-state index in [-0.39, 0.29) is 5.82 Å². The molecule has 1 aromatic carbocycles. The molecule has 1 N–H and O–H groups in total. The molecule has 25 heavy (non-hydrogen) atoms. The minimum atomic E-state index is -0.482. The van der Waals surface area contributed by atoms with Crippen molar-refractivity contribution in [3.05, 3.63) is 48.4 Å². The third-order valence-electron chi connectivity index (χ3n) is 4.07. The lowest BCUT2D eigenvalue weighted by Gasteiger charge is -2.36. The fourth-order valence-electron chi connectivity index (χ4n) is 2.78. The van der Waals surface area contributed by atoms with E-state index in [1.807, 2.05) is 12.1 Å². The van der Waals surface area contributed by atoms with Crippen LogP contribution in [0.15, 0.2) is 42.6 Å². The minimum Gasteiger partial charge on any atom is -0.450 e. The number of hydrogen-bond acceptors (Lipinski definition) is 5. The summed E-state index contributed by atoms with van der Waals surface area (Å²) in [5.41, 5.74) is 1.63. The zero-order chi connectivity index (χ0) is 17.6. The molecule has 0 aliphatic carbocycles. The number of aromatic nitrogens is 1. The molecule has 0 atom stereocenters. The maximum Gasteiger partial charge on any atom is 0.411 e. The Kier molecular flexibility index (Phi) is 5.33. The number of carbonyl (C=O) groups excluding carboxylic acids is 1. The van der Waals surface area contributed by atoms with E-state index in [9.17, 15) is 9.18 Å². The predicted molar refractivity (Wildman–Crippen MR) is 95.7 cm³/mol. The van der Waals surface area contributed by atoms with E-state index in [1.54, 1.807) is 25.3 Å². The summed E-state index contributed by atoms with van der Waals surface area (Å²) in [5.74, 6) is 0.649. The number of nitrogens with one attached hydrogen (secondary N) is 1. The average molecular weight is 344 g/mol. The molecular formula is C18H21FN4O2. The lowest BCUT2D eigenvalue weighted by molar-refractivity contribution is 0.168. The Labute approximate surface area is 146 Å². The van der Waals surface area contributed by atoms with Gasteiger partial charge in [-0.05, 0) is 43.3 Å². The Morgan fingerprint density at radius 1 is 1.12 bits per heavy atom. The molecule has 1 saturated heterocycles. The van der Waals surface area contributed by atoms with Crippen molar-refractivity contribution >= 4 is 23.3 Å². The first-order valence-corrected chi connectivity index (χ1v) is 8.31. The molecule has 2 heterocycles. The van der Waals surface area contributed by atoms with Crippen LogP contribution in [0.3, 0.4) is 0 Å². The maximum atomic E-state index is 13.0. The summed E-state index contributed by atoms with van der Waals surface area (Å²) in [6, 6.07) is 10.3. The summed E-state index contributed by atoms with van der Waals surface area (Å²) in [7, 11) is 0. The standard InChI is InChI=1S/C18H21FN4O2/c1-2-25-18(24)21-15-5-8-17(20-13-15)23-11-9-22(10-12-23)16-6-3-14(19)4-7-16/h3-8,13H,2,9-12H2,1H3,(H,21,24). The molecule has 6 nitrogen and oxygen atoms in total. The van der Waals surface area contributed by atoms with Crippen molar-refractivity contribution in [2.45, 2.75) is 6.92 Å². The number of pyridine rings is 1. The summed E-state index contributed by atoms with van der Waals surface area (Å²) in [6.45, 7) is 5.43. The molecule has 0 bridgehead atoms. The second-order valence-electron chi connectivity index (χ2n) is 5.70. The number of benzene rings is 1. The fraction of sp³-hybridized carbons (Fsp3) is 0.333. The van der Waals surface area contributed by atoms with Crippen LogP contribution in [0.4, 0.5) is 26.4 Å². The van der Waals surface area contributed by atoms with Gasteiger partial charge >= 0.3 is 6.09 Å². The zero-order valence-corrected chi connectivity index (χ0v) is 14.1. The van der Waals surface area contributed by atoms with Crippen molar-refractivity contribution in [3.63, 3.8) is 0 Å². The van der Waals surface area contributed by atoms with E-state index >= 15 is 0 Å². The average Bonchev–Trinajstić information content (AvgIpc) is 2.63. The van der Waals surface area contributed by atoms with Gasteiger partial charge in [0.1, 0.15) is 11.6 Å². The van der Waals surface area contributed by atoms with Crippen molar-refractivity contribution in [1.82, 2.24) is 4.98 Å². The number of hydrogen-bond donors (Lipinski definition) is 1. The van der Waals surface area contributed by atoms with Crippen LogP contribution in [0.25, 0.3) is 0 Å². The Bertz CT molecular complexity index is 698. The maximum absolute atomic E-state index is 13.0. The van der Waals surface area contributed by atoms with Crippen molar-refractivity contribution < 1.29 is 13.9 Å². The lowest BCUT2D eigenvalue weighted by atomic mass is 10.2. The quantitative estimate of drug-likeness (QED) is 0.923. The van der Waals surface area contributed by atoms with Gasteiger partial charge in [0, 0.05) is 31.9 Å². The predicted octanol–water partition coefficient (Wildman–Crippen LogP) is 3.12. The second-order valence-corrected chi connectivity index (χ2v) is 5.70. The number of anilines is 3. The van der Waals surface area contributed by atoms with E-state index < -0.39 is 6.09 Å². The SMILES string of the molecule is CCOC(=O)Nc1ccc(N2CCN(c3ccc(F)cc3)CC2)nc1. The molecule has 1 fully saturated rings. The topological polar surface area (TPSA) is 57.7 Å². The van der Waals surface area contributed by atoms with Crippen LogP contribution in [0.5, 0.6) is 0 Å². The van der Waals surface area contributed by atoms with Crippen LogP contribution in [0.1, 0.15) is 6.92 Å². The van der Waals surface area contributed by atoms with E-state index in [0.717, 1.165) is 37.7 Å². The molecular weight excluding hydrogens is 323 g/mol. The van der Waals surface area contributed by atoms with Crippen molar-refractivity contribution in [2.24, 2.45) is 0 Å². The Hall–Kier alpha value is -2.83. The summed E-state index contributed by atoms with van der Waals surface area (Å²) < 4.78 is 17.9. The molecule has 0 unspecified atom stereocenters. The van der Waals surface area contributed by atoms with Gasteiger partial charge in [0.25, 0.3) is 0 Å². The van der Waals surface area contributed by atoms with Crippen molar-refractivity contribution in [2.75, 3.05) is 47.9 Å². The molecule has 1 amide bonds. The van der Waals surface area contributed by atoms with Crippen LogP contribution in [-0.2, 0) is 4.74 Å². The highest BCUT2D eigenvalue weighted by Gasteiger charge is 2.18. The summed E-state index contributed by atoms with van der Waals surface area (Å²) >= 11 is 0. The number of rotatable bonds is 4. The summed E-state index contributed by atoms with van der Waals surface area (Å²) in [6.07, 6.45) is 1.14. The van der Waals surface area contributed by atoms with Crippen LogP contribution in [-0.4, -0.2) is 43.9 Å². The largest absolute Gasteiger partial charge is 0.450 e. The number of amides is 1. The second kappa shape index (κ2) is 7.83. The molecule has 1 aliphatic heterocycles. The highest BCUT2D eigenvalue weighted by molar-refractivity contribution is 5.84. The van der Waals surface area contributed by atoms with Gasteiger partial charge in [-0.3, -0.25) is 5.32 Å². The molecule has 2 aromatic rings. The Morgan fingerprint density at radius 2 is 1.80 bits per heavy atom. The first-order chi connectivity index (χ1) is 12.2. The highest BCUT2D eigenvalue weighted by Crippen LogP contribution is 2.20. The number of piperazine rings is 1. The van der Waals surface area contributed by atoms with Gasteiger partial charge in [0.05, 0.1) is 18.5 Å². The first-order valence-electron chi connectivity index (χ1n) is 8.31. The summed E-state index contributed by atoms with van der Waals surface area (Å²) in [4.78, 5) is 20.2. The molecule has 132 valence electrons. The van der Waals surface area contributed by atoms with Gasteiger partial charge < -0.3 is 14.5 Å². The smallest absolute Gasteiger partial charge is 0.411 e. The van der Waals surface area contributed by atoms with Crippen LogP contribution < -0.4 is 15.1 Å². The van der Waals surface area contributed by atoms with Gasteiger partial charge in [0.15, 0.2) is 0 Å². The fourth-order valence-corrected chi connectivity index (χ4v) is 2.78. The van der Waals surface area contributed by atoms with Crippen LogP contribution in [0, 0.1) is 5.82 Å². The van der Waals surface area contributed by atoms with Crippen LogP contribution in [0.2, 0.25) is 0 Å². The van der Waals surface area contributed by atoms with Crippen molar-refractivity contribution in [1.29, 1.82) is 0 Å². The normalized spacial score (nSPS) is 14.3. The van der Waals surface area contributed by atoms with E-state index in [2.05, 4.69) is 20.1 Å². The third kappa shape index (κ3) is 4.37. The van der Waals surface area contributed by atoms with E-state index in [1.165, 1.54) is 12.1 Å². The minimum absolute atomic E-state index is 0.219. The number of halogens is 1. The summed E-state index contributed by atoms with van der Waals surface area (Å²) in [5, 5.41) is 2.63. The molecule has 3 rings (SSSR count). The lowest BCUT2D eigenvalue weighted by Crippen LogP contribution is -2.46. The van der Waals surface area contributed by atoms with Gasteiger partial charge in [-0.1, -0.05) is 0 Å². The zero-order valence-electron chi connectivity index (χ0n) is 14.1. The molecule has 1 aromatic heterocycles. The Balaban J connectivity index is 1.55. The monoisotopic (exact) mass is 344 g/mol. The van der Waals surface area contributed by atoms with Gasteiger partial charge in [-0.15, -0.1) is 0 Å². The number of ether oxygens (including phenoxy) is 1. The van der Waals surface area contributed by atoms with Crippen molar-refractivity contribution in [3.8, 4) is 0 Å². The van der Waals surface area contributed by atoms with E-state index in [4.69, 9.17) is 4.74 Å². The number of carbonyl (C=O) groups is 1. The molecule has 0 spiro atoms. The van der Waals surface area contributed by atoms with Gasteiger partial charge in [-0.25, -0.2) is 14.2 Å². The van der Waals surface area contributed by atoms with E-state index in [0.29, 0.717) is 12.3 Å². The molecule has 0 saturated carbocycles. The third-order valence-corrected chi connectivity index (χ3v) is 4.07. The first kappa shape index (κ1) is 17.0. The highest BCUT2D eigenvalue weighted by atomic mass is 19.1. The van der Waals surface area contributed by atoms with Gasteiger partial charge in [0.2, 0.25) is 0 Å². The number of nitrogens with zero attached hydrogens (tertiary/aromatic N) is 3. The Morgan fingerprint density at radius 3 is 2.40 bits per heavy atom. The van der Waals surface area contributed by atoms with Gasteiger partial charge in [-0.2, -0.15) is 0 Å². The molecule has 7 heteroatoms. The molecule has 0 radical (unpaired) electrons. The van der Waals surface area contributed by atoms with Crippen LogP contribution >= 0.6 is 0 Å².